The predicted molar refractivity (Wildman–Crippen MR) is 122 cm³/mol. The summed E-state index contributed by atoms with van der Waals surface area (Å²) in [6.07, 6.45) is 0. The van der Waals surface area contributed by atoms with Gasteiger partial charge >= 0.3 is 0 Å². The van der Waals surface area contributed by atoms with Crippen LogP contribution in [-0.4, -0.2) is 24.7 Å². The molecule has 1 N–H and O–H groups in total. The van der Waals surface area contributed by atoms with Crippen molar-refractivity contribution in [2.75, 3.05) is 23.1 Å². The quantitative estimate of drug-likeness (QED) is 0.581. The van der Waals surface area contributed by atoms with Gasteiger partial charge in [-0.3, -0.25) is 14.5 Å². The lowest BCUT2D eigenvalue weighted by Gasteiger charge is -2.26. The fraction of sp³-hybridized carbons (Fsp3) is 0.130. The molecule has 0 radical (unpaired) electrons. The molecule has 0 saturated carbocycles. The van der Waals surface area contributed by atoms with Crippen LogP contribution in [-0.2, 0) is 4.79 Å². The van der Waals surface area contributed by atoms with E-state index in [4.69, 9.17) is 16.3 Å². The van der Waals surface area contributed by atoms with Gasteiger partial charge in [0.25, 0.3) is 5.91 Å². The van der Waals surface area contributed by atoms with E-state index in [2.05, 4.69) is 5.32 Å². The van der Waals surface area contributed by atoms with E-state index in [0.717, 1.165) is 11.3 Å². The van der Waals surface area contributed by atoms with Gasteiger partial charge in [-0.25, -0.2) is 0 Å². The molecule has 3 aromatic carbocycles. The number of carbonyl (C=O) groups excluding carboxylic acids is 2. The molecular formula is C23H19ClN2O3S. The summed E-state index contributed by atoms with van der Waals surface area (Å²) in [4.78, 5) is 27.0. The number of nitrogens with zero attached hydrogens (tertiary/aromatic N) is 1. The Labute approximate surface area is 184 Å². The maximum atomic E-state index is 12.7. The number of amides is 2. The Morgan fingerprint density at radius 3 is 2.67 bits per heavy atom. The van der Waals surface area contributed by atoms with E-state index in [1.807, 2.05) is 48.5 Å². The fourth-order valence-corrected chi connectivity index (χ4v) is 4.75. The van der Waals surface area contributed by atoms with Crippen molar-refractivity contribution in [1.29, 1.82) is 0 Å². The van der Waals surface area contributed by atoms with Gasteiger partial charge < -0.3 is 10.1 Å². The maximum Gasteiger partial charge on any atom is 0.257 e. The van der Waals surface area contributed by atoms with Crippen molar-refractivity contribution in [2.24, 2.45) is 0 Å². The van der Waals surface area contributed by atoms with Gasteiger partial charge in [0.15, 0.2) is 0 Å². The van der Waals surface area contributed by atoms with Gasteiger partial charge in [-0.2, -0.15) is 0 Å². The van der Waals surface area contributed by atoms with Crippen LogP contribution in [0.5, 0.6) is 5.75 Å². The smallest absolute Gasteiger partial charge is 0.257 e. The van der Waals surface area contributed by atoms with Gasteiger partial charge in [0.2, 0.25) is 5.91 Å². The van der Waals surface area contributed by atoms with Crippen LogP contribution in [0, 0.1) is 0 Å². The zero-order chi connectivity index (χ0) is 21.1. The Morgan fingerprint density at radius 1 is 1.10 bits per heavy atom. The minimum atomic E-state index is -0.283. The summed E-state index contributed by atoms with van der Waals surface area (Å²) in [7, 11) is 1.59. The zero-order valence-corrected chi connectivity index (χ0v) is 17.7. The number of para-hydroxylation sites is 2. The second kappa shape index (κ2) is 8.81. The van der Waals surface area contributed by atoms with Gasteiger partial charge in [0, 0.05) is 5.69 Å². The number of thioether (sulfide) groups is 1. The van der Waals surface area contributed by atoms with E-state index in [-0.39, 0.29) is 17.2 Å². The third-order valence-corrected chi connectivity index (χ3v) is 6.30. The number of rotatable bonds is 5. The summed E-state index contributed by atoms with van der Waals surface area (Å²) in [5.74, 6) is 0.745. The summed E-state index contributed by atoms with van der Waals surface area (Å²) < 4.78 is 5.45. The van der Waals surface area contributed by atoms with E-state index in [1.54, 1.807) is 36.3 Å². The van der Waals surface area contributed by atoms with Crippen LogP contribution < -0.4 is 15.0 Å². The average Bonchev–Trinajstić information content (AvgIpc) is 3.15. The van der Waals surface area contributed by atoms with Gasteiger partial charge in [-0.05, 0) is 42.0 Å². The molecule has 1 aliphatic heterocycles. The molecule has 152 valence electrons. The summed E-state index contributed by atoms with van der Waals surface area (Å²) in [5.41, 5.74) is 2.68. The second-order valence-corrected chi connectivity index (χ2v) is 8.13. The number of benzene rings is 3. The molecule has 0 aromatic heterocycles. The first-order chi connectivity index (χ1) is 14.6. The highest BCUT2D eigenvalue weighted by Crippen LogP contribution is 2.45. The highest BCUT2D eigenvalue weighted by molar-refractivity contribution is 8.00. The van der Waals surface area contributed by atoms with Gasteiger partial charge in [0.05, 0.1) is 29.1 Å². The van der Waals surface area contributed by atoms with Crippen molar-refractivity contribution in [3.63, 3.8) is 0 Å². The largest absolute Gasteiger partial charge is 0.495 e. The van der Waals surface area contributed by atoms with E-state index in [1.165, 1.54) is 11.8 Å². The SMILES string of the molecule is COc1ccccc1N1C(=O)CS[C@@H]1c1cccc(NC(=O)c2ccccc2Cl)c1. The van der Waals surface area contributed by atoms with E-state index in [0.29, 0.717) is 27.8 Å². The lowest BCUT2D eigenvalue weighted by molar-refractivity contribution is -0.115. The molecule has 1 aliphatic rings. The van der Waals surface area contributed by atoms with E-state index in [9.17, 15) is 9.59 Å². The van der Waals surface area contributed by atoms with Crippen molar-refractivity contribution in [2.45, 2.75) is 5.37 Å². The number of hydrogen-bond donors (Lipinski definition) is 1. The number of halogens is 1. The molecule has 30 heavy (non-hydrogen) atoms. The normalized spacial score (nSPS) is 15.9. The van der Waals surface area contributed by atoms with Crippen LogP contribution in [0.1, 0.15) is 21.3 Å². The van der Waals surface area contributed by atoms with Crippen molar-refractivity contribution in [1.82, 2.24) is 0 Å². The van der Waals surface area contributed by atoms with Gasteiger partial charge in [-0.1, -0.05) is 48.0 Å². The number of methoxy groups -OCH3 is 1. The number of carbonyl (C=O) groups is 2. The average molecular weight is 439 g/mol. The second-order valence-electron chi connectivity index (χ2n) is 6.66. The third-order valence-electron chi connectivity index (χ3n) is 4.76. The van der Waals surface area contributed by atoms with Crippen LogP contribution in [0.3, 0.4) is 0 Å². The molecule has 0 aliphatic carbocycles. The van der Waals surface area contributed by atoms with Crippen LogP contribution in [0.2, 0.25) is 5.02 Å². The highest BCUT2D eigenvalue weighted by atomic mass is 35.5. The Balaban J connectivity index is 1.62. The van der Waals surface area contributed by atoms with Crippen molar-refractivity contribution < 1.29 is 14.3 Å². The molecule has 2 amide bonds. The molecule has 4 rings (SSSR count). The Hall–Kier alpha value is -2.96. The molecule has 7 heteroatoms. The first kappa shape index (κ1) is 20.3. The minimum absolute atomic E-state index is 0.0139. The zero-order valence-electron chi connectivity index (χ0n) is 16.2. The maximum absolute atomic E-state index is 12.7. The number of hydrogen-bond acceptors (Lipinski definition) is 4. The van der Waals surface area contributed by atoms with Crippen LogP contribution in [0.15, 0.2) is 72.8 Å². The summed E-state index contributed by atoms with van der Waals surface area (Å²) in [5, 5.41) is 3.07. The Morgan fingerprint density at radius 2 is 1.87 bits per heavy atom. The molecule has 0 unspecified atom stereocenters. The molecule has 5 nitrogen and oxygen atoms in total. The third kappa shape index (κ3) is 4.01. The number of anilines is 2. The predicted octanol–water partition coefficient (Wildman–Crippen LogP) is 5.38. The van der Waals surface area contributed by atoms with Crippen LogP contribution in [0.25, 0.3) is 0 Å². The monoisotopic (exact) mass is 438 g/mol. The topological polar surface area (TPSA) is 58.6 Å². The molecule has 1 heterocycles. The summed E-state index contributed by atoms with van der Waals surface area (Å²) >= 11 is 7.67. The van der Waals surface area contributed by atoms with Crippen molar-refractivity contribution in [3.8, 4) is 5.75 Å². The molecule has 1 saturated heterocycles. The standard InChI is InChI=1S/C23H19ClN2O3S/c1-29-20-12-5-4-11-19(20)26-21(27)14-30-23(26)15-7-6-8-16(13-15)25-22(28)17-9-2-3-10-18(17)24/h2-13,23H,14H2,1H3,(H,25,28)/t23-/m1/s1. The molecular weight excluding hydrogens is 420 g/mol. The van der Waals surface area contributed by atoms with Crippen LogP contribution >= 0.6 is 23.4 Å². The van der Waals surface area contributed by atoms with Gasteiger partial charge in [-0.15, -0.1) is 11.8 Å². The Kier molecular flexibility index (Phi) is 5.97. The minimum Gasteiger partial charge on any atom is -0.495 e. The van der Waals surface area contributed by atoms with Crippen molar-refractivity contribution in [3.05, 3.63) is 88.9 Å². The van der Waals surface area contributed by atoms with Crippen LogP contribution in [0.4, 0.5) is 11.4 Å². The molecule has 1 fully saturated rings. The molecule has 1 atom stereocenters. The number of nitrogens with one attached hydrogen (secondary N) is 1. The molecule has 3 aromatic rings. The van der Waals surface area contributed by atoms with E-state index >= 15 is 0 Å². The van der Waals surface area contributed by atoms with Gasteiger partial charge in [0.1, 0.15) is 11.1 Å². The Bertz CT molecular complexity index is 1110. The summed E-state index contributed by atoms with van der Waals surface area (Å²) in [6.45, 7) is 0. The molecule has 0 bridgehead atoms. The summed E-state index contributed by atoms with van der Waals surface area (Å²) in [6, 6.07) is 21.9. The fourth-order valence-electron chi connectivity index (χ4n) is 3.37. The lowest BCUT2D eigenvalue weighted by Crippen LogP contribution is -2.28. The molecule has 0 spiro atoms. The first-order valence-electron chi connectivity index (χ1n) is 9.31. The number of ether oxygens (including phenoxy) is 1. The first-order valence-corrected chi connectivity index (χ1v) is 10.7. The highest BCUT2D eigenvalue weighted by Gasteiger charge is 2.35. The van der Waals surface area contributed by atoms with Crippen molar-refractivity contribution >= 4 is 46.6 Å². The lowest BCUT2D eigenvalue weighted by atomic mass is 10.1. The van der Waals surface area contributed by atoms with E-state index < -0.39 is 0 Å².